The summed E-state index contributed by atoms with van der Waals surface area (Å²) < 4.78 is 0. The molecule has 1 atom stereocenters. The molecule has 3 heterocycles. The van der Waals surface area contributed by atoms with Crippen LogP contribution >= 0.6 is 0 Å². The van der Waals surface area contributed by atoms with E-state index in [9.17, 15) is 9.59 Å². The number of anilines is 1. The molecular formula is C16H23N5O2. The molecule has 0 aromatic carbocycles. The standard InChI is InChI=1S/C16H23N5O2/c1-13(22)19-8-10-20(11-9-19)15(23)14-4-2-7-21(12-14)16-17-5-3-6-18-16/h3,5-6,14H,2,4,7-12H2,1H3. The summed E-state index contributed by atoms with van der Waals surface area (Å²) in [6, 6.07) is 1.80. The summed E-state index contributed by atoms with van der Waals surface area (Å²) in [5.74, 6) is 0.985. The monoisotopic (exact) mass is 317 g/mol. The lowest BCUT2D eigenvalue weighted by molar-refractivity contribution is -0.141. The van der Waals surface area contributed by atoms with Gasteiger partial charge in [-0.15, -0.1) is 0 Å². The molecule has 7 nitrogen and oxygen atoms in total. The fourth-order valence-electron chi connectivity index (χ4n) is 3.31. The Bertz CT molecular complexity index is 557. The fourth-order valence-corrected chi connectivity index (χ4v) is 3.31. The van der Waals surface area contributed by atoms with Crippen molar-refractivity contribution in [3.8, 4) is 0 Å². The van der Waals surface area contributed by atoms with Crippen molar-refractivity contribution >= 4 is 17.8 Å². The minimum atomic E-state index is -0.00330. The van der Waals surface area contributed by atoms with Crippen LogP contribution in [0, 0.1) is 5.92 Å². The molecule has 0 radical (unpaired) electrons. The predicted molar refractivity (Wildman–Crippen MR) is 85.8 cm³/mol. The second-order valence-corrected chi connectivity index (χ2v) is 6.17. The number of carbonyl (C=O) groups is 2. The Kier molecular flexibility index (Phi) is 4.73. The van der Waals surface area contributed by atoms with Gasteiger partial charge in [-0.3, -0.25) is 9.59 Å². The zero-order chi connectivity index (χ0) is 16.2. The second-order valence-electron chi connectivity index (χ2n) is 6.17. The van der Waals surface area contributed by atoms with E-state index in [-0.39, 0.29) is 17.7 Å². The van der Waals surface area contributed by atoms with Crippen molar-refractivity contribution in [2.75, 3.05) is 44.2 Å². The lowest BCUT2D eigenvalue weighted by Gasteiger charge is -2.38. The molecule has 0 spiro atoms. The van der Waals surface area contributed by atoms with Gasteiger partial charge in [-0.1, -0.05) is 0 Å². The van der Waals surface area contributed by atoms with Crippen molar-refractivity contribution in [3.05, 3.63) is 18.5 Å². The van der Waals surface area contributed by atoms with Gasteiger partial charge < -0.3 is 14.7 Å². The van der Waals surface area contributed by atoms with E-state index in [2.05, 4.69) is 14.9 Å². The molecule has 1 unspecified atom stereocenters. The number of amides is 2. The highest BCUT2D eigenvalue weighted by Gasteiger charge is 2.32. The SMILES string of the molecule is CC(=O)N1CCN(C(=O)C2CCCN(c3ncccn3)C2)CC1. The van der Waals surface area contributed by atoms with E-state index in [0.717, 1.165) is 19.4 Å². The van der Waals surface area contributed by atoms with Gasteiger partial charge in [0.1, 0.15) is 0 Å². The average Bonchev–Trinajstić information content (AvgIpc) is 2.62. The summed E-state index contributed by atoms with van der Waals surface area (Å²) in [6.45, 7) is 5.70. The molecule has 0 N–H and O–H groups in total. The van der Waals surface area contributed by atoms with E-state index in [4.69, 9.17) is 0 Å². The van der Waals surface area contributed by atoms with Crippen LogP contribution in [0.25, 0.3) is 0 Å². The molecule has 23 heavy (non-hydrogen) atoms. The van der Waals surface area contributed by atoms with Crippen molar-refractivity contribution in [3.63, 3.8) is 0 Å². The van der Waals surface area contributed by atoms with Crippen LogP contribution in [-0.2, 0) is 9.59 Å². The zero-order valence-corrected chi connectivity index (χ0v) is 13.5. The fraction of sp³-hybridized carbons (Fsp3) is 0.625. The van der Waals surface area contributed by atoms with Crippen LogP contribution in [-0.4, -0.2) is 70.9 Å². The summed E-state index contributed by atoms with van der Waals surface area (Å²) in [5.41, 5.74) is 0. The molecule has 1 aromatic rings. The molecule has 0 bridgehead atoms. The molecule has 7 heteroatoms. The van der Waals surface area contributed by atoms with Gasteiger partial charge in [-0.05, 0) is 18.9 Å². The molecular weight excluding hydrogens is 294 g/mol. The van der Waals surface area contributed by atoms with Gasteiger partial charge in [0.25, 0.3) is 0 Å². The molecule has 3 rings (SSSR count). The predicted octanol–water partition coefficient (Wildman–Crippen LogP) is 0.384. The van der Waals surface area contributed by atoms with E-state index in [0.29, 0.717) is 38.7 Å². The minimum Gasteiger partial charge on any atom is -0.340 e. The first-order valence-corrected chi connectivity index (χ1v) is 8.21. The summed E-state index contributed by atoms with van der Waals surface area (Å²) in [4.78, 5) is 38.5. The molecule has 124 valence electrons. The van der Waals surface area contributed by atoms with Crippen LogP contribution in [0.5, 0.6) is 0 Å². The van der Waals surface area contributed by atoms with Crippen LogP contribution in [0.15, 0.2) is 18.5 Å². The third-order valence-electron chi connectivity index (χ3n) is 4.64. The Morgan fingerprint density at radius 1 is 1.04 bits per heavy atom. The highest BCUT2D eigenvalue weighted by Crippen LogP contribution is 2.22. The van der Waals surface area contributed by atoms with Crippen molar-refractivity contribution in [1.82, 2.24) is 19.8 Å². The molecule has 0 aliphatic carbocycles. The van der Waals surface area contributed by atoms with Gasteiger partial charge in [-0.25, -0.2) is 9.97 Å². The van der Waals surface area contributed by atoms with Crippen molar-refractivity contribution in [2.24, 2.45) is 5.92 Å². The summed E-state index contributed by atoms with van der Waals surface area (Å²) in [5, 5.41) is 0. The summed E-state index contributed by atoms with van der Waals surface area (Å²) >= 11 is 0. The number of hydrogen-bond acceptors (Lipinski definition) is 5. The first kappa shape index (κ1) is 15.7. The van der Waals surface area contributed by atoms with E-state index < -0.39 is 0 Å². The molecule has 1 aromatic heterocycles. The topological polar surface area (TPSA) is 69.6 Å². The molecule has 2 aliphatic rings. The zero-order valence-electron chi connectivity index (χ0n) is 13.5. The number of carbonyl (C=O) groups excluding carboxylic acids is 2. The first-order chi connectivity index (χ1) is 11.1. The van der Waals surface area contributed by atoms with Gasteiger partial charge in [0.2, 0.25) is 17.8 Å². The Hall–Kier alpha value is -2.18. The Morgan fingerprint density at radius 2 is 1.70 bits per heavy atom. The van der Waals surface area contributed by atoms with Gasteiger partial charge in [0.05, 0.1) is 5.92 Å². The smallest absolute Gasteiger partial charge is 0.227 e. The quantitative estimate of drug-likeness (QED) is 0.789. The van der Waals surface area contributed by atoms with Crippen LogP contribution in [0.1, 0.15) is 19.8 Å². The lowest BCUT2D eigenvalue weighted by Crippen LogP contribution is -2.53. The minimum absolute atomic E-state index is 0.00330. The lowest BCUT2D eigenvalue weighted by atomic mass is 9.96. The van der Waals surface area contributed by atoms with Crippen LogP contribution in [0.2, 0.25) is 0 Å². The normalized spacial score (nSPS) is 22.1. The van der Waals surface area contributed by atoms with E-state index in [1.54, 1.807) is 30.3 Å². The molecule has 2 fully saturated rings. The van der Waals surface area contributed by atoms with Gasteiger partial charge in [0.15, 0.2) is 0 Å². The van der Waals surface area contributed by atoms with Crippen molar-refractivity contribution in [1.29, 1.82) is 0 Å². The van der Waals surface area contributed by atoms with Gasteiger partial charge in [-0.2, -0.15) is 0 Å². The molecule has 2 saturated heterocycles. The first-order valence-electron chi connectivity index (χ1n) is 8.21. The third kappa shape index (κ3) is 3.60. The maximum atomic E-state index is 12.8. The highest BCUT2D eigenvalue weighted by molar-refractivity contribution is 5.80. The van der Waals surface area contributed by atoms with Crippen LogP contribution < -0.4 is 4.90 Å². The van der Waals surface area contributed by atoms with Gasteiger partial charge in [0, 0.05) is 58.6 Å². The molecule has 2 amide bonds. The number of nitrogens with zero attached hydrogens (tertiary/aromatic N) is 5. The van der Waals surface area contributed by atoms with Crippen LogP contribution in [0.4, 0.5) is 5.95 Å². The van der Waals surface area contributed by atoms with E-state index in [1.807, 2.05) is 4.90 Å². The number of piperazine rings is 1. The maximum absolute atomic E-state index is 12.8. The molecule has 2 aliphatic heterocycles. The summed E-state index contributed by atoms with van der Waals surface area (Å²) in [7, 11) is 0. The maximum Gasteiger partial charge on any atom is 0.227 e. The number of rotatable bonds is 2. The largest absolute Gasteiger partial charge is 0.340 e. The Morgan fingerprint density at radius 3 is 2.35 bits per heavy atom. The van der Waals surface area contributed by atoms with Crippen molar-refractivity contribution < 1.29 is 9.59 Å². The summed E-state index contributed by atoms with van der Waals surface area (Å²) in [6.07, 6.45) is 5.35. The Balaban J connectivity index is 1.58. The molecule has 0 saturated carbocycles. The van der Waals surface area contributed by atoms with E-state index in [1.165, 1.54) is 0 Å². The number of aromatic nitrogens is 2. The average molecular weight is 317 g/mol. The van der Waals surface area contributed by atoms with Crippen LogP contribution in [0.3, 0.4) is 0 Å². The van der Waals surface area contributed by atoms with E-state index >= 15 is 0 Å². The van der Waals surface area contributed by atoms with Gasteiger partial charge >= 0.3 is 0 Å². The number of piperidine rings is 1. The number of hydrogen-bond donors (Lipinski definition) is 0. The van der Waals surface area contributed by atoms with Crippen molar-refractivity contribution in [2.45, 2.75) is 19.8 Å². The second kappa shape index (κ2) is 6.93. The third-order valence-corrected chi connectivity index (χ3v) is 4.64. The Labute approximate surface area is 136 Å². The highest BCUT2D eigenvalue weighted by atomic mass is 16.2.